The van der Waals surface area contributed by atoms with Gasteiger partial charge in [-0.1, -0.05) is 37.3 Å². The highest BCUT2D eigenvalue weighted by atomic mass is 16.5. The summed E-state index contributed by atoms with van der Waals surface area (Å²) in [6, 6.07) is 15.5. The number of hydrogen-bond acceptors (Lipinski definition) is 4. The minimum Gasteiger partial charge on any atom is -0.497 e. The lowest BCUT2D eigenvalue weighted by Crippen LogP contribution is -2.46. The minimum atomic E-state index is -1.20. The van der Waals surface area contributed by atoms with Crippen LogP contribution in [-0.2, 0) is 15.0 Å². The number of aliphatic carboxylic acids is 1. The number of carbonyl (C=O) groups is 3. The number of amides is 1. The smallest absolute Gasteiger partial charge is 0.315 e. The molecule has 2 rings (SSSR count). The second kappa shape index (κ2) is 9.69. The zero-order chi connectivity index (χ0) is 20.6. The molecule has 1 unspecified atom stereocenters. The minimum absolute atomic E-state index is 0.000927. The van der Waals surface area contributed by atoms with Gasteiger partial charge in [0, 0.05) is 24.9 Å². The zero-order valence-corrected chi connectivity index (χ0v) is 16.1. The molecule has 2 aromatic carbocycles. The second-order valence-corrected chi connectivity index (χ2v) is 6.54. The van der Waals surface area contributed by atoms with Gasteiger partial charge in [0.25, 0.3) is 0 Å². The molecule has 2 aromatic rings. The van der Waals surface area contributed by atoms with E-state index in [2.05, 4.69) is 5.32 Å². The van der Waals surface area contributed by atoms with Crippen molar-refractivity contribution in [3.8, 4) is 5.75 Å². The molecule has 6 nitrogen and oxygen atoms in total. The molecule has 0 saturated carbocycles. The second-order valence-electron chi connectivity index (χ2n) is 6.54. The van der Waals surface area contributed by atoms with E-state index in [1.807, 2.05) is 6.07 Å². The molecule has 0 heterocycles. The van der Waals surface area contributed by atoms with Gasteiger partial charge in [-0.15, -0.1) is 0 Å². The van der Waals surface area contributed by atoms with Gasteiger partial charge in [0.15, 0.2) is 5.78 Å². The van der Waals surface area contributed by atoms with E-state index in [-0.39, 0.29) is 31.1 Å². The van der Waals surface area contributed by atoms with E-state index >= 15 is 0 Å². The van der Waals surface area contributed by atoms with Crippen LogP contribution in [0.2, 0.25) is 0 Å². The van der Waals surface area contributed by atoms with Crippen LogP contribution in [0.5, 0.6) is 5.75 Å². The van der Waals surface area contributed by atoms with E-state index < -0.39 is 11.4 Å². The maximum Gasteiger partial charge on any atom is 0.315 e. The Labute approximate surface area is 164 Å². The summed E-state index contributed by atoms with van der Waals surface area (Å²) in [5.41, 5.74) is -0.0531. The van der Waals surface area contributed by atoms with E-state index in [9.17, 15) is 19.5 Å². The lowest BCUT2D eigenvalue weighted by molar-refractivity contribution is -0.144. The van der Waals surface area contributed by atoms with Crippen LogP contribution in [0.3, 0.4) is 0 Å². The third-order valence-electron chi connectivity index (χ3n) is 4.92. The molecule has 0 bridgehead atoms. The van der Waals surface area contributed by atoms with Crippen LogP contribution in [0.4, 0.5) is 0 Å². The first-order chi connectivity index (χ1) is 13.4. The fraction of sp³-hybridized carbons (Fsp3) is 0.318. The normalized spacial score (nSPS) is 12.6. The third-order valence-corrected chi connectivity index (χ3v) is 4.92. The van der Waals surface area contributed by atoms with Gasteiger partial charge in [-0.3, -0.25) is 14.4 Å². The Hall–Kier alpha value is -3.15. The SMILES string of the molecule is CCC(CNC(=O)CCC(=O)c1ccc(OC)cc1)(C(=O)O)c1ccccc1. The summed E-state index contributed by atoms with van der Waals surface area (Å²) in [5.74, 6) is -0.840. The first-order valence-corrected chi connectivity index (χ1v) is 9.16. The standard InChI is InChI=1S/C22H25NO5/c1-3-22(21(26)27,17-7-5-4-6-8-17)15-23-20(25)14-13-19(24)16-9-11-18(28-2)12-10-16/h4-12H,3,13-15H2,1-2H3,(H,23,25)(H,26,27). The summed E-state index contributed by atoms with van der Waals surface area (Å²) in [6.45, 7) is 1.75. The van der Waals surface area contributed by atoms with Crippen molar-refractivity contribution in [3.63, 3.8) is 0 Å². The molecule has 6 heteroatoms. The molecule has 0 aliphatic rings. The molecule has 1 atom stereocenters. The Morgan fingerprint density at radius 3 is 2.18 bits per heavy atom. The molecule has 148 valence electrons. The van der Waals surface area contributed by atoms with Gasteiger partial charge >= 0.3 is 5.97 Å². The molecular formula is C22H25NO5. The number of carboxylic acid groups (broad SMARTS) is 1. The summed E-state index contributed by atoms with van der Waals surface area (Å²) in [6.07, 6.45) is 0.381. The van der Waals surface area contributed by atoms with E-state index in [0.29, 0.717) is 23.3 Å². The molecule has 0 aromatic heterocycles. The van der Waals surface area contributed by atoms with Crippen LogP contribution in [0.1, 0.15) is 42.1 Å². The van der Waals surface area contributed by atoms with Crippen molar-refractivity contribution in [2.75, 3.05) is 13.7 Å². The van der Waals surface area contributed by atoms with Crippen LogP contribution in [-0.4, -0.2) is 36.4 Å². The zero-order valence-electron chi connectivity index (χ0n) is 16.1. The molecule has 0 saturated heterocycles. The number of methoxy groups -OCH3 is 1. The Kier molecular flexibility index (Phi) is 7.32. The monoisotopic (exact) mass is 383 g/mol. The average molecular weight is 383 g/mol. The number of Topliss-reactive ketones (excluding diaryl/α,β-unsaturated/α-hetero) is 1. The number of nitrogens with one attached hydrogen (secondary N) is 1. The van der Waals surface area contributed by atoms with Gasteiger partial charge in [0.1, 0.15) is 11.2 Å². The fourth-order valence-electron chi connectivity index (χ4n) is 3.02. The molecule has 1 amide bonds. The van der Waals surface area contributed by atoms with Gasteiger partial charge in [0.2, 0.25) is 5.91 Å². The maximum atomic E-state index is 12.2. The molecule has 2 N–H and O–H groups in total. The highest BCUT2D eigenvalue weighted by molar-refractivity contribution is 5.98. The molecule has 0 aliphatic heterocycles. The molecule has 0 spiro atoms. The van der Waals surface area contributed by atoms with Gasteiger partial charge < -0.3 is 15.2 Å². The fourth-order valence-corrected chi connectivity index (χ4v) is 3.02. The van der Waals surface area contributed by atoms with Crippen molar-refractivity contribution in [3.05, 3.63) is 65.7 Å². The largest absolute Gasteiger partial charge is 0.497 e. The van der Waals surface area contributed by atoms with Gasteiger partial charge in [-0.25, -0.2) is 0 Å². The summed E-state index contributed by atoms with van der Waals surface area (Å²) in [4.78, 5) is 36.4. The first-order valence-electron chi connectivity index (χ1n) is 9.16. The number of carbonyl (C=O) groups excluding carboxylic acids is 2. The van der Waals surface area contributed by atoms with Crippen molar-refractivity contribution in [1.29, 1.82) is 0 Å². The average Bonchev–Trinajstić information content (AvgIpc) is 2.73. The number of ether oxygens (including phenoxy) is 1. The molecule has 0 aliphatic carbocycles. The Morgan fingerprint density at radius 2 is 1.64 bits per heavy atom. The van der Waals surface area contributed by atoms with Crippen molar-refractivity contribution in [2.45, 2.75) is 31.6 Å². The number of carboxylic acids is 1. The lowest BCUT2D eigenvalue weighted by Gasteiger charge is -2.29. The Balaban J connectivity index is 1.95. The van der Waals surface area contributed by atoms with Crippen molar-refractivity contribution >= 4 is 17.7 Å². The quantitative estimate of drug-likeness (QED) is 0.615. The van der Waals surface area contributed by atoms with E-state index in [1.54, 1.807) is 62.6 Å². The van der Waals surface area contributed by atoms with Gasteiger partial charge in [-0.05, 0) is 36.2 Å². The van der Waals surface area contributed by atoms with Crippen LogP contribution >= 0.6 is 0 Å². The van der Waals surface area contributed by atoms with Gasteiger partial charge in [0.05, 0.1) is 7.11 Å². The highest BCUT2D eigenvalue weighted by Gasteiger charge is 2.38. The van der Waals surface area contributed by atoms with Crippen LogP contribution < -0.4 is 10.1 Å². The van der Waals surface area contributed by atoms with Crippen LogP contribution in [0.25, 0.3) is 0 Å². The predicted molar refractivity (Wildman–Crippen MR) is 106 cm³/mol. The lowest BCUT2D eigenvalue weighted by atomic mass is 9.78. The topological polar surface area (TPSA) is 92.7 Å². The van der Waals surface area contributed by atoms with E-state index in [1.165, 1.54) is 0 Å². The Morgan fingerprint density at radius 1 is 1.00 bits per heavy atom. The maximum absolute atomic E-state index is 12.2. The van der Waals surface area contributed by atoms with E-state index in [4.69, 9.17) is 4.74 Å². The summed E-state index contributed by atoms with van der Waals surface area (Å²) >= 11 is 0. The Bertz CT molecular complexity index is 817. The third kappa shape index (κ3) is 4.97. The van der Waals surface area contributed by atoms with Crippen LogP contribution in [0, 0.1) is 0 Å². The number of ketones is 1. The van der Waals surface area contributed by atoms with Crippen molar-refractivity contribution in [1.82, 2.24) is 5.32 Å². The molecule has 28 heavy (non-hydrogen) atoms. The molecule has 0 fully saturated rings. The van der Waals surface area contributed by atoms with Gasteiger partial charge in [-0.2, -0.15) is 0 Å². The van der Waals surface area contributed by atoms with Crippen molar-refractivity contribution < 1.29 is 24.2 Å². The van der Waals surface area contributed by atoms with Crippen molar-refractivity contribution in [2.24, 2.45) is 0 Å². The number of benzene rings is 2. The number of hydrogen-bond donors (Lipinski definition) is 2. The summed E-state index contributed by atoms with van der Waals surface area (Å²) in [7, 11) is 1.55. The molecular weight excluding hydrogens is 358 g/mol. The summed E-state index contributed by atoms with van der Waals surface area (Å²) < 4.78 is 5.05. The summed E-state index contributed by atoms with van der Waals surface area (Å²) in [5, 5.41) is 12.5. The predicted octanol–water partition coefficient (Wildman–Crippen LogP) is 3.21. The number of rotatable bonds is 10. The highest BCUT2D eigenvalue weighted by Crippen LogP contribution is 2.28. The van der Waals surface area contributed by atoms with E-state index in [0.717, 1.165) is 0 Å². The first kappa shape index (κ1) is 21.2. The van der Waals surface area contributed by atoms with Crippen LogP contribution in [0.15, 0.2) is 54.6 Å². The molecule has 0 radical (unpaired) electrons.